The molecule has 4 aromatic rings. The van der Waals surface area contributed by atoms with Gasteiger partial charge in [-0.2, -0.15) is 0 Å². The first-order valence-corrected chi connectivity index (χ1v) is 10.5. The molecule has 0 bridgehead atoms. The van der Waals surface area contributed by atoms with Gasteiger partial charge in [-0.1, -0.05) is 53.2 Å². The number of hydrogen-bond acceptors (Lipinski definition) is 6. The lowest BCUT2D eigenvalue weighted by molar-refractivity contribution is 0.100. The fourth-order valence-electron chi connectivity index (χ4n) is 2.29. The molecular weight excluding hydrogens is 449 g/mol. The van der Waals surface area contributed by atoms with E-state index in [2.05, 4.69) is 9.97 Å². The Kier molecular flexibility index (Phi) is 7.22. The number of amides is 1. The predicted molar refractivity (Wildman–Crippen MR) is 118 cm³/mol. The van der Waals surface area contributed by atoms with E-state index in [0.29, 0.717) is 16.7 Å². The molecule has 0 saturated carbocycles. The van der Waals surface area contributed by atoms with Crippen LogP contribution < -0.4 is 5.73 Å². The Morgan fingerprint density at radius 2 is 1.69 bits per heavy atom. The van der Waals surface area contributed by atoms with Gasteiger partial charge in [-0.15, -0.1) is 11.3 Å². The lowest BCUT2D eigenvalue weighted by Gasteiger charge is -2.02. The number of aldehydes is 1. The first-order chi connectivity index (χ1) is 14.0. The van der Waals surface area contributed by atoms with Gasteiger partial charge in [0, 0.05) is 40.0 Å². The number of pyridine rings is 2. The largest absolute Gasteiger partial charge is 0.365 e. The summed E-state index contributed by atoms with van der Waals surface area (Å²) in [5, 5.41) is 1.59. The lowest BCUT2D eigenvalue weighted by Crippen LogP contribution is -2.08. The zero-order valence-electron chi connectivity index (χ0n) is 14.7. The van der Waals surface area contributed by atoms with Crippen molar-refractivity contribution < 1.29 is 9.59 Å². The average Bonchev–Trinajstić information content (AvgIpc) is 3.15. The quantitative estimate of drug-likeness (QED) is 0.391. The highest BCUT2D eigenvalue weighted by molar-refractivity contribution is 7.99. The molecule has 0 aliphatic rings. The summed E-state index contributed by atoms with van der Waals surface area (Å²) in [7, 11) is 0. The molecule has 3 heterocycles. The van der Waals surface area contributed by atoms with Gasteiger partial charge >= 0.3 is 0 Å². The second-order valence-corrected chi connectivity index (χ2v) is 8.59. The third-order valence-corrected chi connectivity index (χ3v) is 6.37. The molecule has 29 heavy (non-hydrogen) atoms. The number of benzene rings is 1. The smallest absolute Gasteiger partial charge is 0.258 e. The molecule has 2 N–H and O–H groups in total. The standard InChI is InChI=1S/C14H10N2OS2.C6H3Cl2NO/c15-14(17)11-6-10-12(7-16-8-13(10)19-11)18-9-4-2-1-3-5-9;7-5-1-9-2-6(8)4(5)3-10/h1-8H,(H2,15,17);1-3H. The fraction of sp³-hybridized carbons (Fsp3) is 0. The van der Waals surface area contributed by atoms with Crippen molar-refractivity contribution in [3.63, 3.8) is 0 Å². The van der Waals surface area contributed by atoms with Gasteiger partial charge in [-0.05, 0) is 18.2 Å². The van der Waals surface area contributed by atoms with Crippen LogP contribution in [0.2, 0.25) is 10.0 Å². The zero-order chi connectivity index (χ0) is 20.8. The van der Waals surface area contributed by atoms with Crippen LogP contribution in [-0.4, -0.2) is 22.2 Å². The average molecular weight is 462 g/mol. The lowest BCUT2D eigenvalue weighted by atomic mass is 10.3. The Balaban J connectivity index is 0.000000204. The molecule has 5 nitrogen and oxygen atoms in total. The second kappa shape index (κ2) is 9.84. The van der Waals surface area contributed by atoms with E-state index < -0.39 is 5.91 Å². The van der Waals surface area contributed by atoms with Crippen LogP contribution in [0.25, 0.3) is 10.1 Å². The van der Waals surface area contributed by atoms with Gasteiger partial charge in [-0.3, -0.25) is 19.6 Å². The molecule has 0 unspecified atom stereocenters. The van der Waals surface area contributed by atoms with Crippen LogP contribution in [0.1, 0.15) is 20.0 Å². The van der Waals surface area contributed by atoms with Crippen LogP contribution in [0, 0.1) is 0 Å². The first kappa shape index (κ1) is 21.3. The van der Waals surface area contributed by atoms with Crippen molar-refractivity contribution in [3.05, 3.63) is 81.7 Å². The third kappa shape index (κ3) is 5.33. The minimum absolute atomic E-state index is 0.280. The minimum Gasteiger partial charge on any atom is -0.365 e. The van der Waals surface area contributed by atoms with Crippen LogP contribution in [0.3, 0.4) is 0 Å². The van der Waals surface area contributed by atoms with Crippen molar-refractivity contribution in [2.45, 2.75) is 9.79 Å². The van der Waals surface area contributed by atoms with E-state index >= 15 is 0 Å². The molecule has 1 aromatic carbocycles. The van der Waals surface area contributed by atoms with Crippen LogP contribution >= 0.6 is 46.3 Å². The first-order valence-electron chi connectivity index (χ1n) is 8.14. The van der Waals surface area contributed by atoms with Crippen molar-refractivity contribution in [2.75, 3.05) is 0 Å². The number of carbonyl (C=O) groups excluding carboxylic acids is 2. The number of halogens is 2. The van der Waals surface area contributed by atoms with Gasteiger partial charge in [0.1, 0.15) is 0 Å². The summed E-state index contributed by atoms with van der Waals surface area (Å²) in [4.78, 5) is 32.1. The predicted octanol–water partition coefficient (Wildman–Crippen LogP) is 5.75. The Labute approximate surface area is 184 Å². The van der Waals surface area contributed by atoms with Gasteiger partial charge in [0.15, 0.2) is 6.29 Å². The number of rotatable bonds is 4. The second-order valence-electron chi connectivity index (χ2n) is 5.57. The molecule has 3 aromatic heterocycles. The monoisotopic (exact) mass is 461 g/mol. The SMILES string of the molecule is NC(=O)c1cc2c(Sc3ccccc3)cncc2s1.O=Cc1c(Cl)cncc1Cl. The van der Waals surface area contributed by atoms with Crippen molar-refractivity contribution in [2.24, 2.45) is 5.73 Å². The number of aromatic nitrogens is 2. The number of thiophene rings is 1. The Morgan fingerprint density at radius 3 is 2.28 bits per heavy atom. The molecule has 4 rings (SSSR count). The molecule has 146 valence electrons. The molecule has 0 radical (unpaired) electrons. The van der Waals surface area contributed by atoms with Crippen LogP contribution in [0.4, 0.5) is 0 Å². The van der Waals surface area contributed by atoms with Crippen molar-refractivity contribution >= 4 is 68.6 Å². The Bertz CT molecular complexity index is 1150. The Hall–Kier alpha value is -2.45. The maximum atomic E-state index is 11.2. The van der Waals surface area contributed by atoms with Gasteiger partial charge in [0.05, 0.1) is 25.2 Å². The van der Waals surface area contributed by atoms with Crippen LogP contribution in [0.15, 0.2) is 71.0 Å². The Morgan fingerprint density at radius 1 is 1.03 bits per heavy atom. The normalized spacial score (nSPS) is 10.3. The maximum Gasteiger partial charge on any atom is 0.258 e. The van der Waals surface area contributed by atoms with Gasteiger partial charge in [0.25, 0.3) is 5.91 Å². The van der Waals surface area contributed by atoms with Crippen molar-refractivity contribution in [1.82, 2.24) is 9.97 Å². The molecular formula is C20H13Cl2N3O2S2. The molecule has 9 heteroatoms. The van der Waals surface area contributed by atoms with Gasteiger partial charge < -0.3 is 5.73 Å². The number of fused-ring (bicyclic) bond motifs is 1. The highest BCUT2D eigenvalue weighted by Gasteiger charge is 2.11. The number of carbonyl (C=O) groups is 2. The van der Waals surface area contributed by atoms with E-state index in [1.807, 2.05) is 42.6 Å². The molecule has 0 fully saturated rings. The zero-order valence-corrected chi connectivity index (χ0v) is 17.9. The molecule has 1 amide bonds. The van der Waals surface area contributed by atoms with Gasteiger partial charge in [-0.25, -0.2) is 0 Å². The summed E-state index contributed by atoms with van der Waals surface area (Å²) in [6, 6.07) is 11.9. The minimum atomic E-state index is -0.392. The highest BCUT2D eigenvalue weighted by atomic mass is 35.5. The van der Waals surface area contributed by atoms with E-state index in [0.717, 1.165) is 19.9 Å². The summed E-state index contributed by atoms with van der Waals surface area (Å²) in [5.74, 6) is -0.392. The van der Waals surface area contributed by atoms with Crippen LogP contribution in [0.5, 0.6) is 0 Å². The van der Waals surface area contributed by atoms with E-state index in [9.17, 15) is 9.59 Å². The van der Waals surface area contributed by atoms with Gasteiger partial charge in [0.2, 0.25) is 0 Å². The van der Waals surface area contributed by atoms with E-state index in [1.54, 1.807) is 18.0 Å². The number of primary amides is 1. The van der Waals surface area contributed by atoms with E-state index in [4.69, 9.17) is 28.9 Å². The fourth-order valence-corrected chi connectivity index (χ4v) is 4.65. The molecule has 0 aliphatic carbocycles. The summed E-state index contributed by atoms with van der Waals surface area (Å²) >= 11 is 14.1. The highest BCUT2D eigenvalue weighted by Crippen LogP contribution is 2.36. The summed E-state index contributed by atoms with van der Waals surface area (Å²) in [5.41, 5.74) is 5.61. The molecule has 0 spiro atoms. The van der Waals surface area contributed by atoms with E-state index in [1.165, 1.54) is 23.7 Å². The topological polar surface area (TPSA) is 85.9 Å². The molecule has 0 atom stereocenters. The summed E-state index contributed by atoms with van der Waals surface area (Å²) < 4.78 is 0.981. The van der Waals surface area contributed by atoms with Crippen molar-refractivity contribution in [1.29, 1.82) is 0 Å². The third-order valence-electron chi connectivity index (χ3n) is 3.63. The molecule has 0 aliphatic heterocycles. The summed E-state index contributed by atoms with van der Waals surface area (Å²) in [6.45, 7) is 0. The molecule has 0 saturated heterocycles. The van der Waals surface area contributed by atoms with Crippen molar-refractivity contribution in [3.8, 4) is 0 Å². The number of nitrogens with zero attached hydrogens (tertiary/aromatic N) is 2. The number of nitrogens with two attached hydrogens (primary N) is 1. The maximum absolute atomic E-state index is 11.2. The van der Waals surface area contributed by atoms with E-state index in [-0.39, 0.29) is 10.0 Å². The van der Waals surface area contributed by atoms with Crippen LogP contribution in [-0.2, 0) is 0 Å². The number of hydrogen-bond donors (Lipinski definition) is 1. The summed E-state index contributed by atoms with van der Waals surface area (Å²) in [6.07, 6.45) is 6.93.